The Balaban J connectivity index is 2.80. The largest absolute Gasteiger partial charge is 0.363 e. The van der Waals surface area contributed by atoms with Gasteiger partial charge in [-0.25, -0.2) is 9.97 Å². The van der Waals surface area contributed by atoms with Crippen molar-refractivity contribution < 1.29 is 0 Å². The van der Waals surface area contributed by atoms with E-state index in [2.05, 4.69) is 36.1 Å². The molecule has 0 aliphatic heterocycles. The van der Waals surface area contributed by atoms with Crippen LogP contribution in [0.5, 0.6) is 0 Å². The molecule has 0 aliphatic rings. The third-order valence-corrected chi connectivity index (χ3v) is 2.27. The smallest absolute Gasteiger partial charge is 0.171 e. The summed E-state index contributed by atoms with van der Waals surface area (Å²) in [5.41, 5.74) is -0.000324. The minimum Gasteiger partial charge on any atom is -0.363 e. The molecule has 0 spiro atoms. The summed E-state index contributed by atoms with van der Waals surface area (Å²) in [5.74, 6) is 0.649. The summed E-state index contributed by atoms with van der Waals surface area (Å²) in [6.45, 7) is 6.30. The Kier molecular flexibility index (Phi) is 3.09. The molecule has 1 aromatic rings. The van der Waals surface area contributed by atoms with Gasteiger partial charge in [0.05, 0.1) is 0 Å². The fraction of sp³-hybridized carbons (Fsp3) is 0.556. The molecule has 0 amide bonds. The molecule has 13 heavy (non-hydrogen) atoms. The maximum atomic E-state index is 5.85. The predicted octanol–water partition coefficient (Wildman–Crippen LogP) is 2.73. The normalized spacial score (nSPS) is 11.4. The van der Waals surface area contributed by atoms with Crippen molar-refractivity contribution >= 4 is 17.4 Å². The van der Waals surface area contributed by atoms with Gasteiger partial charge in [-0.05, 0) is 20.3 Å². The molecule has 0 bridgehead atoms. The van der Waals surface area contributed by atoms with Crippen molar-refractivity contribution in [2.45, 2.75) is 32.7 Å². The number of nitrogens with zero attached hydrogens (tertiary/aromatic N) is 2. The number of halogens is 1. The Labute approximate surface area is 83.5 Å². The van der Waals surface area contributed by atoms with Crippen LogP contribution in [0.1, 0.15) is 27.2 Å². The van der Waals surface area contributed by atoms with Crippen LogP contribution < -0.4 is 5.32 Å². The van der Waals surface area contributed by atoms with Gasteiger partial charge < -0.3 is 5.32 Å². The molecule has 0 fully saturated rings. The van der Waals surface area contributed by atoms with E-state index in [0.29, 0.717) is 11.0 Å². The van der Waals surface area contributed by atoms with E-state index in [1.165, 1.54) is 0 Å². The summed E-state index contributed by atoms with van der Waals surface area (Å²) < 4.78 is 0. The third kappa shape index (κ3) is 2.84. The lowest BCUT2D eigenvalue weighted by Gasteiger charge is -2.25. The van der Waals surface area contributed by atoms with E-state index in [1.54, 1.807) is 12.4 Å². The fourth-order valence-electron chi connectivity index (χ4n) is 0.814. The second-order valence-electron chi connectivity index (χ2n) is 3.56. The van der Waals surface area contributed by atoms with Crippen molar-refractivity contribution in [3.63, 3.8) is 0 Å². The van der Waals surface area contributed by atoms with Crippen LogP contribution in [-0.4, -0.2) is 15.5 Å². The Hall–Kier alpha value is -0.830. The standard InChI is InChI=1S/C9H14ClN3/c1-4-9(2,3)13-8-7(10)11-5-6-12-8/h5-6H,4H2,1-3H3,(H,12,13). The highest BCUT2D eigenvalue weighted by atomic mass is 35.5. The number of nitrogens with one attached hydrogen (secondary N) is 1. The molecule has 1 heterocycles. The molecule has 0 radical (unpaired) electrons. The van der Waals surface area contributed by atoms with Gasteiger partial charge in [-0.15, -0.1) is 0 Å². The van der Waals surface area contributed by atoms with Crippen molar-refractivity contribution in [3.05, 3.63) is 17.5 Å². The van der Waals surface area contributed by atoms with E-state index >= 15 is 0 Å². The van der Waals surface area contributed by atoms with E-state index in [0.717, 1.165) is 6.42 Å². The maximum absolute atomic E-state index is 5.85. The van der Waals surface area contributed by atoms with Gasteiger partial charge in [-0.1, -0.05) is 18.5 Å². The highest BCUT2D eigenvalue weighted by Gasteiger charge is 2.16. The van der Waals surface area contributed by atoms with Crippen molar-refractivity contribution in [2.75, 3.05) is 5.32 Å². The zero-order valence-electron chi connectivity index (χ0n) is 8.13. The first-order valence-electron chi connectivity index (χ1n) is 4.30. The quantitative estimate of drug-likeness (QED) is 0.814. The molecule has 0 unspecified atom stereocenters. The molecule has 0 saturated heterocycles. The van der Waals surface area contributed by atoms with Gasteiger partial charge in [0.15, 0.2) is 11.0 Å². The van der Waals surface area contributed by atoms with Gasteiger partial charge in [-0.2, -0.15) is 0 Å². The molecule has 72 valence electrons. The zero-order valence-corrected chi connectivity index (χ0v) is 8.89. The summed E-state index contributed by atoms with van der Waals surface area (Å²) in [4.78, 5) is 8.04. The Morgan fingerprint density at radius 2 is 2.00 bits per heavy atom. The van der Waals surface area contributed by atoms with Gasteiger partial charge in [0, 0.05) is 17.9 Å². The molecular weight excluding hydrogens is 186 g/mol. The SMILES string of the molecule is CCC(C)(C)Nc1nccnc1Cl. The van der Waals surface area contributed by atoms with Crippen molar-refractivity contribution in [3.8, 4) is 0 Å². The van der Waals surface area contributed by atoms with Gasteiger partial charge in [0.25, 0.3) is 0 Å². The zero-order chi connectivity index (χ0) is 9.90. The lowest BCUT2D eigenvalue weighted by Crippen LogP contribution is -2.30. The Morgan fingerprint density at radius 3 is 2.54 bits per heavy atom. The monoisotopic (exact) mass is 199 g/mol. The van der Waals surface area contributed by atoms with Crippen molar-refractivity contribution in [1.82, 2.24) is 9.97 Å². The summed E-state index contributed by atoms with van der Waals surface area (Å²) in [6.07, 6.45) is 4.20. The van der Waals surface area contributed by atoms with Crippen molar-refractivity contribution in [2.24, 2.45) is 0 Å². The molecular formula is C9H14ClN3. The first-order valence-corrected chi connectivity index (χ1v) is 4.67. The van der Waals surface area contributed by atoms with Crippen LogP contribution >= 0.6 is 11.6 Å². The minimum atomic E-state index is -0.000324. The van der Waals surface area contributed by atoms with E-state index in [4.69, 9.17) is 11.6 Å². The number of rotatable bonds is 3. The molecule has 0 saturated carbocycles. The molecule has 1 rings (SSSR count). The molecule has 1 aromatic heterocycles. The minimum absolute atomic E-state index is 0.000324. The van der Waals surface area contributed by atoms with Crippen LogP contribution in [0.4, 0.5) is 5.82 Å². The molecule has 0 aromatic carbocycles. The second kappa shape index (κ2) is 3.92. The lowest BCUT2D eigenvalue weighted by molar-refractivity contribution is 0.544. The lowest BCUT2D eigenvalue weighted by atomic mass is 10.0. The van der Waals surface area contributed by atoms with Crippen LogP contribution in [0.15, 0.2) is 12.4 Å². The van der Waals surface area contributed by atoms with E-state index in [-0.39, 0.29) is 5.54 Å². The molecule has 1 N–H and O–H groups in total. The van der Waals surface area contributed by atoms with E-state index in [9.17, 15) is 0 Å². The van der Waals surface area contributed by atoms with Gasteiger partial charge in [0.1, 0.15) is 0 Å². The molecule has 0 aliphatic carbocycles. The number of hydrogen-bond acceptors (Lipinski definition) is 3. The summed E-state index contributed by atoms with van der Waals surface area (Å²) >= 11 is 5.85. The Bertz CT molecular complexity index is 286. The molecule has 3 nitrogen and oxygen atoms in total. The average Bonchev–Trinajstić information content (AvgIpc) is 2.09. The maximum Gasteiger partial charge on any atom is 0.171 e. The summed E-state index contributed by atoms with van der Waals surface area (Å²) in [6, 6.07) is 0. The Morgan fingerprint density at radius 1 is 1.38 bits per heavy atom. The van der Waals surface area contributed by atoms with Crippen LogP contribution in [0.3, 0.4) is 0 Å². The molecule has 0 atom stereocenters. The summed E-state index contributed by atoms with van der Waals surface area (Å²) in [7, 11) is 0. The van der Waals surface area contributed by atoms with Crippen LogP contribution in [0.25, 0.3) is 0 Å². The molecule has 4 heteroatoms. The highest BCUT2D eigenvalue weighted by molar-refractivity contribution is 6.31. The van der Waals surface area contributed by atoms with Gasteiger partial charge >= 0.3 is 0 Å². The first kappa shape index (κ1) is 10.3. The van der Waals surface area contributed by atoms with Gasteiger partial charge in [0.2, 0.25) is 0 Å². The van der Waals surface area contributed by atoms with Crippen molar-refractivity contribution in [1.29, 1.82) is 0 Å². The highest BCUT2D eigenvalue weighted by Crippen LogP contribution is 2.20. The topological polar surface area (TPSA) is 37.8 Å². The fourth-order valence-corrected chi connectivity index (χ4v) is 0.966. The van der Waals surface area contributed by atoms with Gasteiger partial charge in [-0.3, -0.25) is 0 Å². The van der Waals surface area contributed by atoms with Crippen LogP contribution in [-0.2, 0) is 0 Å². The first-order chi connectivity index (χ1) is 6.05. The van der Waals surface area contributed by atoms with E-state index < -0.39 is 0 Å². The summed E-state index contributed by atoms with van der Waals surface area (Å²) in [5, 5.41) is 3.65. The number of hydrogen-bond donors (Lipinski definition) is 1. The van der Waals surface area contributed by atoms with Crippen LogP contribution in [0.2, 0.25) is 5.15 Å². The number of anilines is 1. The van der Waals surface area contributed by atoms with E-state index in [1.807, 2.05) is 0 Å². The average molecular weight is 200 g/mol. The third-order valence-electron chi connectivity index (χ3n) is 1.99. The van der Waals surface area contributed by atoms with Crippen LogP contribution in [0, 0.1) is 0 Å². The predicted molar refractivity (Wildman–Crippen MR) is 55.0 cm³/mol. The number of aromatic nitrogens is 2. The second-order valence-corrected chi connectivity index (χ2v) is 3.92.